The summed E-state index contributed by atoms with van der Waals surface area (Å²) in [6.45, 7) is 5.85. The van der Waals surface area contributed by atoms with Crippen LogP contribution in [0.4, 0.5) is 4.79 Å². The molecule has 0 spiro atoms. The first-order valence-corrected chi connectivity index (χ1v) is 15.8. The number of carbonyl (C=O) groups is 3. The van der Waals surface area contributed by atoms with Crippen molar-refractivity contribution >= 4 is 17.9 Å². The summed E-state index contributed by atoms with van der Waals surface area (Å²) in [4.78, 5) is 42.1. The van der Waals surface area contributed by atoms with E-state index in [0.29, 0.717) is 45.2 Å². The highest BCUT2D eigenvalue weighted by molar-refractivity contribution is 5.89. The summed E-state index contributed by atoms with van der Waals surface area (Å²) < 4.78 is 10.5. The van der Waals surface area contributed by atoms with Gasteiger partial charge in [-0.05, 0) is 56.2 Å². The van der Waals surface area contributed by atoms with Crippen molar-refractivity contribution in [3.05, 3.63) is 71.8 Å². The summed E-state index contributed by atoms with van der Waals surface area (Å²) in [5, 5.41) is 20.7. The zero-order valence-electron chi connectivity index (χ0n) is 26.1. The Morgan fingerprint density at radius 1 is 0.932 bits per heavy atom. The van der Waals surface area contributed by atoms with E-state index in [1.807, 2.05) is 86.5 Å². The third-order valence-corrected chi connectivity index (χ3v) is 8.61. The molecule has 2 aliphatic heterocycles. The summed E-state index contributed by atoms with van der Waals surface area (Å²) in [5.41, 5.74) is 1.87. The van der Waals surface area contributed by atoms with Gasteiger partial charge in [0.2, 0.25) is 11.8 Å². The third kappa shape index (κ3) is 9.77. The first kappa shape index (κ1) is 33.4. The van der Waals surface area contributed by atoms with Crippen LogP contribution < -0.4 is 16.0 Å². The number of aliphatic hydroxyl groups is 1. The van der Waals surface area contributed by atoms with Crippen molar-refractivity contribution in [2.75, 3.05) is 33.4 Å². The van der Waals surface area contributed by atoms with Gasteiger partial charge in [-0.2, -0.15) is 0 Å². The molecule has 0 radical (unpaired) electrons. The van der Waals surface area contributed by atoms with Crippen molar-refractivity contribution in [2.45, 2.75) is 76.3 Å². The Labute approximate surface area is 260 Å². The number of likely N-dealkylation sites (tertiary alicyclic amines) is 1. The molecule has 2 fully saturated rings. The molecule has 10 nitrogen and oxygen atoms in total. The molecular formula is C34H48N4O6. The fourth-order valence-electron chi connectivity index (χ4n) is 5.78. The Hall–Kier alpha value is -3.47. The Morgan fingerprint density at radius 3 is 2.05 bits per heavy atom. The fourth-order valence-corrected chi connectivity index (χ4v) is 5.78. The zero-order valence-corrected chi connectivity index (χ0v) is 26.1. The topological polar surface area (TPSA) is 129 Å². The van der Waals surface area contributed by atoms with Gasteiger partial charge in [-0.3, -0.25) is 9.59 Å². The van der Waals surface area contributed by atoms with Crippen LogP contribution in [0.5, 0.6) is 0 Å². The minimum Gasteiger partial charge on any atom is -0.441 e. The van der Waals surface area contributed by atoms with Gasteiger partial charge >= 0.3 is 6.09 Å². The standard InChI is InChI=1S/C34H48N4O6/c1-23(2)31(33(41)38-16-14-27(35-3)15-17-38)37-32(40)26(18-24-10-6-4-7-11-24)20-30(39)29(19-25-12-8-5-9-13-25)36-34(42)44-28-21-43-22-28/h4-13,23,26-31,35,39H,14-22H2,1-3H3,(H,36,42)(H,37,40)/t26-,29-,30+,31-/m0/s1. The molecule has 2 saturated heterocycles. The lowest BCUT2D eigenvalue weighted by atomic mass is 9.88. The van der Waals surface area contributed by atoms with E-state index in [1.54, 1.807) is 0 Å². The van der Waals surface area contributed by atoms with Crippen molar-refractivity contribution in [1.29, 1.82) is 0 Å². The SMILES string of the molecule is CNC1CCN(C(=O)[C@@H](NC(=O)[C@@H](Cc2ccccc2)C[C@@H](O)[C@H](Cc2ccccc2)NC(=O)OC2COC2)C(C)C)CC1. The third-order valence-electron chi connectivity index (χ3n) is 8.61. The Morgan fingerprint density at radius 2 is 1.52 bits per heavy atom. The van der Waals surface area contributed by atoms with Gasteiger partial charge < -0.3 is 35.4 Å². The molecule has 2 heterocycles. The lowest BCUT2D eigenvalue weighted by Crippen LogP contribution is -2.55. The predicted molar refractivity (Wildman–Crippen MR) is 168 cm³/mol. The number of alkyl carbamates (subject to hydrolysis) is 1. The number of nitrogens with one attached hydrogen (secondary N) is 3. The van der Waals surface area contributed by atoms with Gasteiger partial charge in [0, 0.05) is 25.0 Å². The average molecular weight is 609 g/mol. The predicted octanol–water partition coefficient (Wildman–Crippen LogP) is 2.68. The normalized spacial score (nSPS) is 18.5. The highest BCUT2D eigenvalue weighted by atomic mass is 16.6. The van der Waals surface area contributed by atoms with Gasteiger partial charge in [0.15, 0.2) is 6.10 Å². The monoisotopic (exact) mass is 608 g/mol. The molecule has 0 saturated carbocycles. The van der Waals surface area contributed by atoms with E-state index < -0.39 is 30.2 Å². The van der Waals surface area contributed by atoms with Gasteiger partial charge in [-0.15, -0.1) is 0 Å². The second kappa shape index (κ2) is 16.6. The number of hydrogen-bond donors (Lipinski definition) is 4. The number of amides is 3. The summed E-state index contributed by atoms with van der Waals surface area (Å²) in [6, 6.07) is 18.2. The number of piperidine rings is 1. The van der Waals surface area contributed by atoms with Crippen LogP contribution in [-0.2, 0) is 31.9 Å². The molecule has 2 aromatic carbocycles. The summed E-state index contributed by atoms with van der Waals surface area (Å²) in [6.07, 6.45) is 0.550. The molecule has 240 valence electrons. The molecule has 4 rings (SSSR count). The second-order valence-electron chi connectivity index (χ2n) is 12.3. The molecule has 10 heteroatoms. The van der Waals surface area contributed by atoms with Crippen LogP contribution in [0.2, 0.25) is 0 Å². The van der Waals surface area contributed by atoms with Crippen molar-refractivity contribution < 1.29 is 29.0 Å². The van der Waals surface area contributed by atoms with E-state index in [-0.39, 0.29) is 30.3 Å². The molecule has 2 aromatic rings. The van der Waals surface area contributed by atoms with E-state index in [2.05, 4.69) is 16.0 Å². The molecule has 0 aliphatic carbocycles. The molecular weight excluding hydrogens is 560 g/mol. The Balaban J connectivity index is 1.49. The van der Waals surface area contributed by atoms with Crippen LogP contribution in [0.3, 0.4) is 0 Å². The van der Waals surface area contributed by atoms with Crippen LogP contribution in [-0.4, -0.2) is 91.6 Å². The minimum absolute atomic E-state index is 0.0757. The quantitative estimate of drug-likeness (QED) is 0.260. The van der Waals surface area contributed by atoms with Crippen molar-refractivity contribution in [3.63, 3.8) is 0 Å². The number of carbonyl (C=O) groups excluding carboxylic acids is 3. The van der Waals surface area contributed by atoms with Crippen molar-refractivity contribution in [2.24, 2.45) is 11.8 Å². The molecule has 0 bridgehead atoms. The van der Waals surface area contributed by atoms with Gasteiger partial charge in [-0.25, -0.2) is 4.79 Å². The second-order valence-corrected chi connectivity index (χ2v) is 12.3. The maximum Gasteiger partial charge on any atom is 0.407 e. The molecule has 4 N–H and O–H groups in total. The highest BCUT2D eigenvalue weighted by Gasteiger charge is 2.35. The van der Waals surface area contributed by atoms with E-state index in [4.69, 9.17) is 9.47 Å². The van der Waals surface area contributed by atoms with Gasteiger partial charge in [0.05, 0.1) is 25.4 Å². The first-order valence-electron chi connectivity index (χ1n) is 15.8. The Bertz CT molecular complexity index is 1180. The van der Waals surface area contributed by atoms with Gasteiger partial charge in [0.1, 0.15) is 6.04 Å². The number of rotatable bonds is 14. The van der Waals surface area contributed by atoms with E-state index in [0.717, 1.165) is 24.0 Å². The number of benzene rings is 2. The smallest absolute Gasteiger partial charge is 0.407 e. The van der Waals surface area contributed by atoms with Gasteiger partial charge in [-0.1, -0.05) is 74.5 Å². The van der Waals surface area contributed by atoms with Crippen LogP contribution in [0, 0.1) is 11.8 Å². The van der Waals surface area contributed by atoms with Crippen molar-refractivity contribution in [1.82, 2.24) is 20.9 Å². The van der Waals surface area contributed by atoms with Crippen molar-refractivity contribution in [3.8, 4) is 0 Å². The first-order chi connectivity index (χ1) is 21.2. The number of aliphatic hydroxyl groups excluding tert-OH is 1. The molecule has 2 aliphatic rings. The molecule has 0 aromatic heterocycles. The maximum atomic E-state index is 13.9. The van der Waals surface area contributed by atoms with Crippen LogP contribution in [0.25, 0.3) is 0 Å². The van der Waals surface area contributed by atoms with Gasteiger partial charge in [0.25, 0.3) is 0 Å². The maximum absolute atomic E-state index is 13.9. The average Bonchev–Trinajstić information content (AvgIpc) is 3.01. The lowest BCUT2D eigenvalue weighted by molar-refractivity contribution is -0.139. The molecule has 44 heavy (non-hydrogen) atoms. The number of hydrogen-bond acceptors (Lipinski definition) is 7. The summed E-state index contributed by atoms with van der Waals surface area (Å²) >= 11 is 0. The zero-order chi connectivity index (χ0) is 31.5. The molecule has 0 unspecified atom stereocenters. The Kier molecular flexibility index (Phi) is 12.6. The van der Waals surface area contributed by atoms with Crippen LogP contribution >= 0.6 is 0 Å². The van der Waals surface area contributed by atoms with E-state index in [1.165, 1.54) is 0 Å². The highest BCUT2D eigenvalue weighted by Crippen LogP contribution is 2.21. The van der Waals surface area contributed by atoms with E-state index in [9.17, 15) is 19.5 Å². The number of nitrogens with zero attached hydrogens (tertiary/aromatic N) is 1. The number of ether oxygens (including phenoxy) is 2. The largest absolute Gasteiger partial charge is 0.441 e. The fraction of sp³-hybridized carbons (Fsp3) is 0.559. The summed E-state index contributed by atoms with van der Waals surface area (Å²) in [5.74, 6) is -1.13. The van der Waals surface area contributed by atoms with Crippen LogP contribution in [0.1, 0.15) is 44.2 Å². The molecule has 3 amide bonds. The van der Waals surface area contributed by atoms with Crippen LogP contribution in [0.15, 0.2) is 60.7 Å². The van der Waals surface area contributed by atoms with E-state index >= 15 is 0 Å². The molecule has 4 atom stereocenters. The summed E-state index contributed by atoms with van der Waals surface area (Å²) in [7, 11) is 1.94. The minimum atomic E-state index is -1.06. The lowest BCUT2D eigenvalue weighted by Gasteiger charge is -2.36.